The van der Waals surface area contributed by atoms with Crippen LogP contribution in [0.5, 0.6) is 0 Å². The minimum absolute atomic E-state index is 0. The molecule has 0 spiro atoms. The number of rotatable bonds is 5. The van der Waals surface area contributed by atoms with Crippen molar-refractivity contribution in [2.45, 2.75) is 32.9 Å². The van der Waals surface area contributed by atoms with Gasteiger partial charge in [0, 0.05) is 12.5 Å². The van der Waals surface area contributed by atoms with Crippen LogP contribution >= 0.6 is 12.4 Å². The lowest BCUT2D eigenvalue weighted by Gasteiger charge is -2.05. The first-order valence-corrected chi connectivity index (χ1v) is 5.64. The van der Waals surface area contributed by atoms with Crippen molar-refractivity contribution in [2.24, 2.45) is 5.73 Å². The monoisotopic (exact) mass is 290 g/mol. The molecule has 1 aromatic rings. The second-order valence-corrected chi connectivity index (χ2v) is 4.13. The number of aryl methyl sites for hydroxylation is 1. The molecule has 0 saturated heterocycles. The molecule has 1 heterocycles. The third-order valence-electron chi connectivity index (χ3n) is 2.34. The van der Waals surface area contributed by atoms with Gasteiger partial charge in [-0.1, -0.05) is 0 Å². The number of halogens is 1. The van der Waals surface area contributed by atoms with Crippen molar-refractivity contribution < 1.29 is 18.7 Å². The van der Waals surface area contributed by atoms with E-state index in [1.807, 2.05) is 0 Å². The van der Waals surface area contributed by atoms with Crippen LogP contribution in [0, 0.1) is 6.92 Å². The summed E-state index contributed by atoms with van der Waals surface area (Å²) in [6, 6.07) is 1.38. The van der Waals surface area contributed by atoms with Gasteiger partial charge in [0.2, 0.25) is 5.91 Å². The Bertz CT molecular complexity index is 443. The van der Waals surface area contributed by atoms with Gasteiger partial charge in [0.05, 0.1) is 13.7 Å². The number of amides is 1. The molecule has 7 heteroatoms. The third-order valence-corrected chi connectivity index (χ3v) is 2.34. The Morgan fingerprint density at radius 1 is 1.53 bits per heavy atom. The molecule has 1 aromatic heterocycles. The second-order valence-electron chi connectivity index (χ2n) is 4.13. The molecule has 1 amide bonds. The fourth-order valence-electron chi connectivity index (χ4n) is 1.49. The minimum Gasteiger partial charge on any atom is -0.465 e. The van der Waals surface area contributed by atoms with Crippen molar-refractivity contribution in [2.75, 3.05) is 7.11 Å². The first-order valence-electron chi connectivity index (χ1n) is 5.64. The van der Waals surface area contributed by atoms with Gasteiger partial charge >= 0.3 is 5.97 Å². The van der Waals surface area contributed by atoms with E-state index in [0.717, 1.165) is 0 Å². The number of carbonyl (C=O) groups is 2. The van der Waals surface area contributed by atoms with Crippen LogP contribution in [0.4, 0.5) is 0 Å². The van der Waals surface area contributed by atoms with Crippen LogP contribution < -0.4 is 11.1 Å². The van der Waals surface area contributed by atoms with Gasteiger partial charge in [0.1, 0.15) is 17.1 Å². The van der Waals surface area contributed by atoms with Gasteiger partial charge in [-0.05, 0) is 19.9 Å². The van der Waals surface area contributed by atoms with Crippen LogP contribution in [0.2, 0.25) is 0 Å². The van der Waals surface area contributed by atoms with Gasteiger partial charge in [0.15, 0.2) is 0 Å². The maximum atomic E-state index is 11.4. The first-order chi connectivity index (χ1) is 8.43. The summed E-state index contributed by atoms with van der Waals surface area (Å²) in [6.07, 6.45) is 0.254. The normalized spacial score (nSPS) is 11.4. The largest absolute Gasteiger partial charge is 0.465 e. The number of esters is 1. The van der Waals surface area contributed by atoms with Gasteiger partial charge in [-0.3, -0.25) is 4.79 Å². The fourth-order valence-corrected chi connectivity index (χ4v) is 1.49. The van der Waals surface area contributed by atoms with E-state index in [1.54, 1.807) is 19.9 Å². The number of ether oxygens (including phenoxy) is 1. The SMILES string of the molecule is COC(=O)c1cc(CNC(=O)CC(C)N)oc1C.Cl. The van der Waals surface area contributed by atoms with E-state index in [0.29, 0.717) is 17.1 Å². The van der Waals surface area contributed by atoms with Crippen molar-refractivity contribution in [3.05, 3.63) is 23.2 Å². The Morgan fingerprint density at radius 3 is 2.68 bits per heavy atom. The van der Waals surface area contributed by atoms with E-state index in [-0.39, 0.29) is 37.3 Å². The summed E-state index contributed by atoms with van der Waals surface area (Å²) in [5, 5.41) is 2.66. The summed E-state index contributed by atoms with van der Waals surface area (Å²) in [5.74, 6) is 0.368. The van der Waals surface area contributed by atoms with Crippen LogP contribution in [0.1, 0.15) is 35.2 Å². The highest BCUT2D eigenvalue weighted by atomic mass is 35.5. The van der Waals surface area contributed by atoms with Crippen molar-refractivity contribution in [3.8, 4) is 0 Å². The number of nitrogens with one attached hydrogen (secondary N) is 1. The van der Waals surface area contributed by atoms with Gasteiger partial charge < -0.3 is 20.2 Å². The van der Waals surface area contributed by atoms with E-state index in [1.165, 1.54) is 7.11 Å². The molecule has 3 N–H and O–H groups in total. The molecule has 0 aliphatic rings. The zero-order valence-electron chi connectivity index (χ0n) is 11.2. The molecule has 0 saturated carbocycles. The molecule has 1 atom stereocenters. The quantitative estimate of drug-likeness (QED) is 0.793. The Morgan fingerprint density at radius 2 is 2.16 bits per heavy atom. The molecule has 1 rings (SSSR count). The van der Waals surface area contributed by atoms with Crippen molar-refractivity contribution >= 4 is 24.3 Å². The summed E-state index contributed by atoms with van der Waals surface area (Å²) in [6.45, 7) is 3.65. The van der Waals surface area contributed by atoms with Gasteiger partial charge in [-0.25, -0.2) is 4.79 Å². The van der Waals surface area contributed by atoms with E-state index in [4.69, 9.17) is 10.2 Å². The van der Waals surface area contributed by atoms with Crippen LogP contribution in [0.25, 0.3) is 0 Å². The number of methoxy groups -OCH3 is 1. The van der Waals surface area contributed by atoms with Crippen molar-refractivity contribution in [3.63, 3.8) is 0 Å². The molecule has 0 aliphatic heterocycles. The van der Waals surface area contributed by atoms with Crippen LogP contribution in [0.3, 0.4) is 0 Å². The third kappa shape index (κ3) is 5.32. The summed E-state index contributed by atoms with van der Waals surface area (Å²) < 4.78 is 9.95. The molecule has 0 aromatic carbocycles. The summed E-state index contributed by atoms with van der Waals surface area (Å²) >= 11 is 0. The summed E-state index contributed by atoms with van der Waals surface area (Å²) in [5.41, 5.74) is 5.87. The molecule has 0 radical (unpaired) electrons. The Kier molecular flexibility index (Phi) is 7.18. The average Bonchev–Trinajstić information content (AvgIpc) is 2.66. The minimum atomic E-state index is -0.454. The van der Waals surface area contributed by atoms with E-state index < -0.39 is 5.97 Å². The van der Waals surface area contributed by atoms with Gasteiger partial charge in [-0.2, -0.15) is 0 Å². The standard InChI is InChI=1S/C12H18N2O4.ClH/c1-7(13)4-11(15)14-6-9-5-10(8(2)18-9)12(16)17-3;/h5,7H,4,6,13H2,1-3H3,(H,14,15);1H. The highest BCUT2D eigenvalue weighted by Crippen LogP contribution is 2.15. The average molecular weight is 291 g/mol. The highest BCUT2D eigenvalue weighted by Gasteiger charge is 2.15. The maximum Gasteiger partial charge on any atom is 0.341 e. The zero-order valence-corrected chi connectivity index (χ0v) is 12.0. The van der Waals surface area contributed by atoms with Crippen LogP contribution in [-0.4, -0.2) is 25.0 Å². The van der Waals surface area contributed by atoms with Crippen molar-refractivity contribution in [1.29, 1.82) is 0 Å². The highest BCUT2D eigenvalue weighted by molar-refractivity contribution is 5.90. The Hall–Kier alpha value is -1.53. The van der Waals surface area contributed by atoms with E-state index in [2.05, 4.69) is 10.1 Å². The molecule has 0 fully saturated rings. The Labute approximate surface area is 118 Å². The van der Waals surface area contributed by atoms with Crippen LogP contribution in [0.15, 0.2) is 10.5 Å². The number of nitrogens with two attached hydrogens (primary N) is 1. The molecule has 19 heavy (non-hydrogen) atoms. The number of hydrogen-bond donors (Lipinski definition) is 2. The topological polar surface area (TPSA) is 94.6 Å². The smallest absolute Gasteiger partial charge is 0.341 e. The molecule has 108 valence electrons. The number of furan rings is 1. The molecular formula is C12H19ClN2O4. The maximum absolute atomic E-state index is 11.4. The number of hydrogen-bond acceptors (Lipinski definition) is 5. The second kappa shape index (κ2) is 7.81. The molecule has 0 bridgehead atoms. The predicted octanol–water partition coefficient (Wildman–Crippen LogP) is 1.15. The molecule has 0 aliphatic carbocycles. The zero-order chi connectivity index (χ0) is 13.7. The fraction of sp³-hybridized carbons (Fsp3) is 0.500. The van der Waals surface area contributed by atoms with Crippen molar-refractivity contribution in [1.82, 2.24) is 5.32 Å². The van der Waals surface area contributed by atoms with Gasteiger partial charge in [0.25, 0.3) is 0 Å². The summed E-state index contributed by atoms with van der Waals surface area (Å²) in [4.78, 5) is 22.7. The summed E-state index contributed by atoms with van der Waals surface area (Å²) in [7, 11) is 1.30. The van der Waals surface area contributed by atoms with Gasteiger partial charge in [-0.15, -0.1) is 12.4 Å². The number of carbonyl (C=O) groups excluding carboxylic acids is 2. The molecule has 6 nitrogen and oxygen atoms in total. The lowest BCUT2D eigenvalue weighted by Crippen LogP contribution is -2.29. The lowest BCUT2D eigenvalue weighted by atomic mass is 10.2. The van der Waals surface area contributed by atoms with Crippen LogP contribution in [-0.2, 0) is 16.1 Å². The van der Waals surface area contributed by atoms with E-state index in [9.17, 15) is 9.59 Å². The molecular weight excluding hydrogens is 272 g/mol. The predicted molar refractivity (Wildman–Crippen MR) is 72.1 cm³/mol. The first kappa shape index (κ1) is 17.5. The molecule has 1 unspecified atom stereocenters. The Balaban J connectivity index is 0.00000324. The lowest BCUT2D eigenvalue weighted by molar-refractivity contribution is -0.121. The van der Waals surface area contributed by atoms with E-state index >= 15 is 0 Å².